The van der Waals surface area contributed by atoms with Crippen LogP contribution < -0.4 is 10.1 Å². The van der Waals surface area contributed by atoms with Crippen molar-refractivity contribution in [2.24, 2.45) is 0 Å². The number of carbonyl (C=O) groups excluding carboxylic acids is 2. The van der Waals surface area contributed by atoms with E-state index >= 15 is 0 Å². The van der Waals surface area contributed by atoms with Crippen molar-refractivity contribution in [2.75, 3.05) is 16.9 Å². The molecule has 2 heterocycles. The van der Waals surface area contributed by atoms with Crippen molar-refractivity contribution in [1.82, 2.24) is 9.88 Å². The number of benzene rings is 1. The molecule has 1 aliphatic rings. The molecule has 6 nitrogen and oxygen atoms in total. The van der Waals surface area contributed by atoms with E-state index in [1.807, 2.05) is 38.1 Å². The predicted molar refractivity (Wildman–Crippen MR) is 105 cm³/mol. The Kier molecular flexibility index (Phi) is 5.83. The quantitative estimate of drug-likeness (QED) is 0.848. The summed E-state index contributed by atoms with van der Waals surface area (Å²) in [5, 5.41) is 3.36. The molecule has 2 amide bonds. The molecule has 2 aromatic rings. The summed E-state index contributed by atoms with van der Waals surface area (Å²) in [6.45, 7) is 5.61. The molecule has 1 fully saturated rings. The fraction of sp³-hybridized carbons (Fsp3) is 0.389. The lowest BCUT2D eigenvalue weighted by molar-refractivity contribution is -0.141. The Bertz CT molecular complexity index is 808. The van der Waals surface area contributed by atoms with Gasteiger partial charge in [-0.1, -0.05) is 12.1 Å². The van der Waals surface area contributed by atoms with Crippen LogP contribution in [-0.4, -0.2) is 45.5 Å². The molecule has 1 aromatic carbocycles. The van der Waals surface area contributed by atoms with Crippen LogP contribution in [0.25, 0.3) is 0 Å². The Morgan fingerprint density at radius 3 is 2.88 bits per heavy atom. The van der Waals surface area contributed by atoms with Crippen LogP contribution in [0.3, 0.4) is 0 Å². The van der Waals surface area contributed by atoms with E-state index in [9.17, 15) is 9.59 Å². The van der Waals surface area contributed by atoms with Crippen LogP contribution in [0.1, 0.15) is 17.4 Å². The SMILES string of the molecule is Cc1cccc(O[C@@H](C)C(=O)N2CSC[C@H]2C(=O)Nc2ncc(C)s2)c1. The number of nitrogens with one attached hydrogen (secondary N) is 1. The monoisotopic (exact) mass is 391 g/mol. The van der Waals surface area contributed by atoms with Gasteiger partial charge in [-0.3, -0.25) is 9.59 Å². The molecule has 0 unspecified atom stereocenters. The van der Waals surface area contributed by atoms with E-state index in [-0.39, 0.29) is 11.8 Å². The van der Waals surface area contributed by atoms with Crippen LogP contribution in [0.2, 0.25) is 0 Å². The van der Waals surface area contributed by atoms with E-state index in [4.69, 9.17) is 4.74 Å². The highest BCUT2D eigenvalue weighted by atomic mass is 32.2. The van der Waals surface area contributed by atoms with Gasteiger partial charge in [-0.15, -0.1) is 23.1 Å². The number of hydrogen-bond acceptors (Lipinski definition) is 6. The average molecular weight is 392 g/mol. The van der Waals surface area contributed by atoms with Gasteiger partial charge in [0, 0.05) is 16.8 Å². The second-order valence-corrected chi connectivity index (χ2v) is 8.40. The topological polar surface area (TPSA) is 71.5 Å². The summed E-state index contributed by atoms with van der Waals surface area (Å²) in [7, 11) is 0. The maximum atomic E-state index is 12.8. The Hall–Kier alpha value is -2.06. The smallest absolute Gasteiger partial charge is 0.264 e. The van der Waals surface area contributed by atoms with Crippen molar-refractivity contribution < 1.29 is 14.3 Å². The van der Waals surface area contributed by atoms with E-state index in [2.05, 4.69) is 10.3 Å². The van der Waals surface area contributed by atoms with Gasteiger partial charge in [-0.2, -0.15) is 0 Å². The van der Waals surface area contributed by atoms with Crippen molar-refractivity contribution in [1.29, 1.82) is 0 Å². The lowest BCUT2D eigenvalue weighted by Gasteiger charge is -2.26. The number of anilines is 1. The fourth-order valence-electron chi connectivity index (χ4n) is 2.65. The van der Waals surface area contributed by atoms with Gasteiger partial charge in [-0.05, 0) is 38.5 Å². The second-order valence-electron chi connectivity index (χ2n) is 6.17. The normalized spacial score (nSPS) is 17.8. The van der Waals surface area contributed by atoms with Gasteiger partial charge in [0.2, 0.25) is 5.91 Å². The third-order valence-corrected chi connectivity index (χ3v) is 5.81. The third kappa shape index (κ3) is 4.37. The number of amides is 2. The largest absolute Gasteiger partial charge is 0.481 e. The number of nitrogens with zero attached hydrogens (tertiary/aromatic N) is 2. The summed E-state index contributed by atoms with van der Waals surface area (Å²) in [6, 6.07) is 7.05. The van der Waals surface area contributed by atoms with E-state index in [1.165, 1.54) is 11.3 Å². The highest BCUT2D eigenvalue weighted by molar-refractivity contribution is 7.99. The first-order valence-corrected chi connectivity index (χ1v) is 10.3. The molecular formula is C18H21N3O3S2. The zero-order valence-corrected chi connectivity index (χ0v) is 16.5. The zero-order chi connectivity index (χ0) is 18.7. The molecule has 1 N–H and O–H groups in total. The number of rotatable bonds is 5. The minimum atomic E-state index is -0.659. The van der Waals surface area contributed by atoms with E-state index < -0.39 is 12.1 Å². The van der Waals surface area contributed by atoms with Gasteiger partial charge in [0.25, 0.3) is 5.91 Å². The summed E-state index contributed by atoms with van der Waals surface area (Å²) >= 11 is 2.98. The van der Waals surface area contributed by atoms with Gasteiger partial charge in [0.05, 0.1) is 5.88 Å². The van der Waals surface area contributed by atoms with Gasteiger partial charge in [0.15, 0.2) is 11.2 Å². The van der Waals surface area contributed by atoms with E-state index in [0.29, 0.717) is 22.5 Å². The summed E-state index contributed by atoms with van der Waals surface area (Å²) in [5.74, 6) is 1.30. The zero-order valence-electron chi connectivity index (χ0n) is 14.9. The molecule has 1 aliphatic heterocycles. The fourth-order valence-corrected chi connectivity index (χ4v) is 4.49. The molecule has 0 saturated carbocycles. The van der Waals surface area contributed by atoms with Crippen LogP contribution in [0, 0.1) is 13.8 Å². The first-order chi connectivity index (χ1) is 12.4. The molecule has 8 heteroatoms. The molecule has 0 spiro atoms. The maximum absolute atomic E-state index is 12.8. The molecule has 1 aromatic heterocycles. The molecule has 0 bridgehead atoms. The molecule has 3 rings (SSSR count). The summed E-state index contributed by atoms with van der Waals surface area (Å²) in [6.07, 6.45) is 1.05. The molecule has 0 radical (unpaired) electrons. The maximum Gasteiger partial charge on any atom is 0.264 e. The molecule has 0 aliphatic carbocycles. The standard InChI is InChI=1S/C18H21N3O3S2/c1-11-5-4-6-14(7-11)24-13(3)17(23)21-10-25-9-15(21)16(22)20-18-19-8-12(2)26-18/h4-8,13,15H,9-10H2,1-3H3,(H,19,20,22)/t13-,15-/m0/s1. The van der Waals surface area contributed by atoms with Gasteiger partial charge >= 0.3 is 0 Å². The van der Waals surface area contributed by atoms with Crippen molar-refractivity contribution in [3.63, 3.8) is 0 Å². The lowest BCUT2D eigenvalue weighted by Crippen LogP contribution is -2.48. The van der Waals surface area contributed by atoms with Crippen LogP contribution in [0.15, 0.2) is 30.5 Å². The number of hydrogen-bond donors (Lipinski definition) is 1. The Labute approximate surface area is 160 Å². The average Bonchev–Trinajstić information content (AvgIpc) is 3.23. The minimum absolute atomic E-state index is 0.188. The van der Waals surface area contributed by atoms with Gasteiger partial charge in [-0.25, -0.2) is 4.98 Å². The number of thiazole rings is 1. The predicted octanol–water partition coefficient (Wildman–Crippen LogP) is 3.07. The Morgan fingerprint density at radius 1 is 1.38 bits per heavy atom. The number of carbonyl (C=O) groups is 2. The van der Waals surface area contributed by atoms with Crippen molar-refractivity contribution in [3.05, 3.63) is 40.9 Å². The van der Waals surface area contributed by atoms with Crippen molar-refractivity contribution >= 4 is 40.0 Å². The first-order valence-electron chi connectivity index (χ1n) is 8.29. The van der Waals surface area contributed by atoms with Crippen molar-refractivity contribution in [2.45, 2.75) is 32.9 Å². The van der Waals surface area contributed by atoms with Crippen LogP contribution in [-0.2, 0) is 9.59 Å². The van der Waals surface area contributed by atoms with Crippen molar-refractivity contribution in [3.8, 4) is 5.75 Å². The Balaban J connectivity index is 1.64. The highest BCUT2D eigenvalue weighted by Gasteiger charge is 2.37. The van der Waals surface area contributed by atoms with E-state index in [0.717, 1.165) is 10.4 Å². The molecule has 26 heavy (non-hydrogen) atoms. The third-order valence-electron chi connectivity index (χ3n) is 3.97. The molecule has 138 valence electrons. The van der Waals surface area contributed by atoms with E-state index in [1.54, 1.807) is 29.8 Å². The summed E-state index contributed by atoms with van der Waals surface area (Å²) in [4.78, 5) is 32.1. The van der Waals surface area contributed by atoms with Crippen LogP contribution >= 0.6 is 23.1 Å². The van der Waals surface area contributed by atoms with Crippen LogP contribution in [0.5, 0.6) is 5.75 Å². The summed E-state index contributed by atoms with van der Waals surface area (Å²) in [5.41, 5.74) is 1.06. The minimum Gasteiger partial charge on any atom is -0.481 e. The van der Waals surface area contributed by atoms with Gasteiger partial charge < -0.3 is 15.0 Å². The lowest BCUT2D eigenvalue weighted by atomic mass is 10.2. The number of thioether (sulfide) groups is 1. The molecule has 1 saturated heterocycles. The summed E-state index contributed by atoms with van der Waals surface area (Å²) < 4.78 is 5.78. The van der Waals surface area contributed by atoms with Crippen LogP contribution in [0.4, 0.5) is 5.13 Å². The molecular weight excluding hydrogens is 370 g/mol. The first kappa shape index (κ1) is 18.7. The number of ether oxygens (including phenoxy) is 1. The number of aromatic nitrogens is 1. The Morgan fingerprint density at radius 2 is 2.19 bits per heavy atom. The molecule has 2 atom stereocenters. The highest BCUT2D eigenvalue weighted by Crippen LogP contribution is 2.25. The number of aryl methyl sites for hydroxylation is 2. The van der Waals surface area contributed by atoms with Gasteiger partial charge in [0.1, 0.15) is 11.8 Å². The second kappa shape index (κ2) is 8.09.